The van der Waals surface area contributed by atoms with Gasteiger partial charge >= 0.3 is 5.97 Å². The molecule has 0 N–H and O–H groups in total. The average molecular weight is 553 g/mol. The molecule has 0 saturated carbocycles. The summed E-state index contributed by atoms with van der Waals surface area (Å²) in [6.07, 6.45) is 2.28. The monoisotopic (exact) mass is 552 g/mol. The molecule has 3 aromatic rings. The predicted molar refractivity (Wildman–Crippen MR) is 147 cm³/mol. The van der Waals surface area contributed by atoms with Crippen molar-refractivity contribution in [1.82, 2.24) is 9.47 Å². The fourth-order valence-corrected chi connectivity index (χ4v) is 5.66. The molecule has 206 valence electrons. The molecule has 9 heteroatoms. The van der Waals surface area contributed by atoms with Crippen molar-refractivity contribution in [3.63, 3.8) is 0 Å². The van der Waals surface area contributed by atoms with Crippen molar-refractivity contribution < 1.29 is 28.5 Å². The summed E-state index contributed by atoms with van der Waals surface area (Å²) < 4.78 is 25.3. The Hall–Kier alpha value is -3.49. The normalized spacial score (nSPS) is 18.4. The highest BCUT2D eigenvalue weighted by Gasteiger charge is 2.35. The van der Waals surface area contributed by atoms with Gasteiger partial charge in [-0.1, -0.05) is 23.7 Å². The molecule has 1 saturated heterocycles. The second-order valence-electron chi connectivity index (χ2n) is 9.81. The van der Waals surface area contributed by atoms with E-state index in [1.165, 1.54) is 0 Å². The number of carbonyl (C=O) groups is 2. The third-order valence-electron chi connectivity index (χ3n) is 7.35. The van der Waals surface area contributed by atoms with Crippen molar-refractivity contribution in [1.29, 1.82) is 0 Å². The summed E-state index contributed by atoms with van der Waals surface area (Å²) in [5.41, 5.74) is 3.61. The second-order valence-corrected chi connectivity index (χ2v) is 10.2. The minimum absolute atomic E-state index is 0.0529. The Bertz CT molecular complexity index is 1350. The fourth-order valence-electron chi connectivity index (χ4n) is 5.48. The summed E-state index contributed by atoms with van der Waals surface area (Å²) in [5, 5.41) is 0.599. The molecule has 0 bridgehead atoms. The second kappa shape index (κ2) is 11.7. The van der Waals surface area contributed by atoms with E-state index < -0.39 is 6.10 Å². The first-order valence-electron chi connectivity index (χ1n) is 13.2. The third kappa shape index (κ3) is 5.49. The molecule has 2 aromatic carbocycles. The lowest BCUT2D eigenvalue weighted by molar-refractivity contribution is -0.149. The Kier molecular flexibility index (Phi) is 8.14. The van der Waals surface area contributed by atoms with E-state index in [9.17, 15) is 9.59 Å². The van der Waals surface area contributed by atoms with Crippen LogP contribution in [0.5, 0.6) is 11.5 Å². The zero-order valence-electron chi connectivity index (χ0n) is 22.4. The van der Waals surface area contributed by atoms with Crippen LogP contribution in [0, 0.1) is 5.92 Å². The molecule has 0 aliphatic carbocycles. The number of ether oxygens (including phenoxy) is 4. The quantitative estimate of drug-likeness (QED) is 0.326. The number of fused-ring (bicyclic) bond motifs is 3. The predicted octanol–water partition coefficient (Wildman–Crippen LogP) is 5.50. The molecule has 1 amide bonds. The van der Waals surface area contributed by atoms with Crippen LogP contribution in [-0.4, -0.2) is 55.3 Å². The van der Waals surface area contributed by atoms with Crippen LogP contribution in [0.1, 0.15) is 55.2 Å². The molecule has 3 heterocycles. The van der Waals surface area contributed by atoms with Gasteiger partial charge in [-0.3, -0.25) is 9.59 Å². The van der Waals surface area contributed by atoms with Crippen LogP contribution in [0.3, 0.4) is 0 Å². The van der Waals surface area contributed by atoms with E-state index in [0.717, 1.165) is 22.5 Å². The average Bonchev–Trinajstić information content (AvgIpc) is 3.35. The van der Waals surface area contributed by atoms with E-state index in [-0.39, 0.29) is 23.9 Å². The zero-order chi connectivity index (χ0) is 27.5. The van der Waals surface area contributed by atoms with Crippen LogP contribution in [0.15, 0.2) is 54.7 Å². The largest absolute Gasteiger partial charge is 0.493 e. The molecule has 1 fully saturated rings. The number of aromatic nitrogens is 1. The lowest BCUT2D eigenvalue weighted by Gasteiger charge is -2.39. The van der Waals surface area contributed by atoms with E-state index in [1.807, 2.05) is 54.7 Å². The number of amides is 1. The molecule has 2 aliphatic rings. The Balaban J connectivity index is 1.39. The zero-order valence-corrected chi connectivity index (χ0v) is 23.1. The summed E-state index contributed by atoms with van der Waals surface area (Å²) in [7, 11) is 3.21. The van der Waals surface area contributed by atoms with Crippen LogP contribution in [0.25, 0.3) is 5.69 Å². The summed E-state index contributed by atoms with van der Waals surface area (Å²) in [6.45, 7) is 3.32. The van der Waals surface area contributed by atoms with Gasteiger partial charge in [0.25, 0.3) is 0 Å². The topological polar surface area (TPSA) is 79.2 Å². The smallest absolute Gasteiger partial charge is 0.306 e. The molecule has 39 heavy (non-hydrogen) atoms. The van der Waals surface area contributed by atoms with Gasteiger partial charge in [-0.25, -0.2) is 0 Å². The minimum atomic E-state index is -0.512. The van der Waals surface area contributed by atoms with Gasteiger partial charge in [0.15, 0.2) is 11.5 Å². The highest BCUT2D eigenvalue weighted by Crippen LogP contribution is 2.46. The number of methoxy groups -OCH3 is 2. The maximum atomic E-state index is 13.1. The number of benzene rings is 2. The highest BCUT2D eigenvalue weighted by atomic mass is 35.5. The van der Waals surface area contributed by atoms with Gasteiger partial charge in [-0.05, 0) is 49.7 Å². The van der Waals surface area contributed by atoms with Crippen molar-refractivity contribution in [2.75, 3.05) is 33.9 Å². The maximum Gasteiger partial charge on any atom is 0.306 e. The molecule has 0 radical (unpaired) electrons. The highest BCUT2D eigenvalue weighted by molar-refractivity contribution is 6.30. The number of esters is 1. The van der Waals surface area contributed by atoms with Crippen LogP contribution < -0.4 is 9.47 Å². The lowest BCUT2D eigenvalue weighted by Crippen LogP contribution is -2.50. The molecular weight excluding hydrogens is 520 g/mol. The maximum absolute atomic E-state index is 13.1. The first-order chi connectivity index (χ1) is 18.9. The van der Waals surface area contributed by atoms with Gasteiger partial charge in [-0.2, -0.15) is 0 Å². The number of carbonyl (C=O) groups excluding carboxylic acids is 2. The summed E-state index contributed by atoms with van der Waals surface area (Å²) >= 11 is 6.47. The summed E-state index contributed by atoms with van der Waals surface area (Å²) in [6, 6.07) is 15.5. The van der Waals surface area contributed by atoms with Gasteiger partial charge < -0.3 is 28.4 Å². The molecule has 8 nitrogen and oxygen atoms in total. The number of likely N-dealkylation sites (tertiary alicyclic amines) is 1. The van der Waals surface area contributed by atoms with Gasteiger partial charge in [0.1, 0.15) is 6.10 Å². The van der Waals surface area contributed by atoms with Crippen LogP contribution in [0.4, 0.5) is 0 Å². The van der Waals surface area contributed by atoms with Crippen molar-refractivity contribution in [2.24, 2.45) is 5.92 Å². The number of para-hydroxylation sites is 1. The van der Waals surface area contributed by atoms with Crippen LogP contribution in [-0.2, 0) is 19.1 Å². The van der Waals surface area contributed by atoms with E-state index in [0.29, 0.717) is 55.5 Å². The first-order valence-corrected chi connectivity index (χ1v) is 13.6. The number of nitrogens with zero attached hydrogens (tertiary/aromatic N) is 2. The van der Waals surface area contributed by atoms with E-state index in [1.54, 1.807) is 26.0 Å². The Morgan fingerprint density at radius 3 is 2.62 bits per heavy atom. The van der Waals surface area contributed by atoms with Crippen molar-refractivity contribution >= 4 is 23.5 Å². The van der Waals surface area contributed by atoms with Gasteiger partial charge in [0.05, 0.1) is 44.7 Å². The van der Waals surface area contributed by atoms with Gasteiger partial charge in [-0.15, -0.1) is 0 Å². The standard InChI is InChI=1S/C30H33ClN2O6/c1-4-38-28(35)15-19-17-32(18-19)27(34)13-12-25-24-8-6-14-33(24)23-11-10-20(31)16-22(23)29(39-25)21-7-5-9-26(36-2)30(21)37-3/h5-11,14,16,19,25,29H,4,12-13,15,17-18H2,1-3H3/t25-,29-/m1/s1. The first kappa shape index (κ1) is 27.1. The molecule has 1 aromatic heterocycles. The summed E-state index contributed by atoms with van der Waals surface area (Å²) in [4.78, 5) is 26.6. The number of hydrogen-bond donors (Lipinski definition) is 0. The molecule has 2 aliphatic heterocycles. The Labute approximate surface area is 233 Å². The lowest BCUT2D eigenvalue weighted by atomic mass is 9.95. The Morgan fingerprint density at radius 2 is 1.87 bits per heavy atom. The SMILES string of the molecule is CCOC(=O)CC1CN(C(=O)CC[C@H]2O[C@H](c3cccc(OC)c3OC)c3cc(Cl)ccc3-n3cccc32)C1. The van der Waals surface area contributed by atoms with Crippen molar-refractivity contribution in [3.8, 4) is 17.2 Å². The summed E-state index contributed by atoms with van der Waals surface area (Å²) in [5.74, 6) is 1.19. The number of rotatable bonds is 9. The minimum Gasteiger partial charge on any atom is -0.493 e. The molecular formula is C30H33ClN2O6. The number of hydrogen-bond acceptors (Lipinski definition) is 6. The van der Waals surface area contributed by atoms with E-state index in [4.69, 9.17) is 30.5 Å². The molecule has 0 spiro atoms. The molecule has 2 atom stereocenters. The van der Waals surface area contributed by atoms with E-state index in [2.05, 4.69) is 4.57 Å². The molecule has 5 rings (SSSR count). The van der Waals surface area contributed by atoms with Gasteiger partial charge in [0.2, 0.25) is 5.91 Å². The third-order valence-corrected chi connectivity index (χ3v) is 7.58. The van der Waals surface area contributed by atoms with Gasteiger partial charge in [0, 0.05) is 47.8 Å². The van der Waals surface area contributed by atoms with E-state index >= 15 is 0 Å². The Morgan fingerprint density at radius 1 is 1.05 bits per heavy atom. The molecule has 0 unspecified atom stereocenters. The van der Waals surface area contributed by atoms with Crippen LogP contribution >= 0.6 is 11.6 Å². The van der Waals surface area contributed by atoms with Crippen LogP contribution in [0.2, 0.25) is 5.02 Å². The number of halogens is 1. The van der Waals surface area contributed by atoms with Crippen molar-refractivity contribution in [2.45, 2.75) is 38.4 Å². The van der Waals surface area contributed by atoms with Crippen molar-refractivity contribution in [3.05, 3.63) is 76.6 Å². The fraction of sp³-hybridized carbons (Fsp3) is 0.400.